The quantitative estimate of drug-likeness (QED) is 0.832. The Labute approximate surface area is 113 Å². The van der Waals surface area contributed by atoms with Gasteiger partial charge in [-0.25, -0.2) is 8.78 Å². The molecule has 0 amide bonds. The molecule has 1 aromatic rings. The Hall–Kier alpha value is -1.00. The van der Waals surface area contributed by atoms with E-state index in [0.717, 1.165) is 18.7 Å². The second-order valence-electron chi connectivity index (χ2n) is 5.96. The highest BCUT2D eigenvalue weighted by Gasteiger charge is 2.22. The van der Waals surface area contributed by atoms with Crippen LogP contribution in [0.4, 0.5) is 8.78 Å². The molecule has 1 atom stereocenters. The van der Waals surface area contributed by atoms with E-state index in [-0.39, 0.29) is 5.41 Å². The van der Waals surface area contributed by atoms with Crippen molar-refractivity contribution in [2.24, 2.45) is 11.3 Å². The number of hydrogen-bond acceptors (Lipinski definition) is 2. The molecule has 108 valence electrons. The number of aliphatic hydroxyl groups is 1. The third kappa shape index (κ3) is 4.55. The molecule has 0 spiro atoms. The van der Waals surface area contributed by atoms with Crippen LogP contribution in [0.5, 0.6) is 0 Å². The van der Waals surface area contributed by atoms with E-state index in [1.54, 1.807) is 0 Å². The molecule has 0 aliphatic rings. The van der Waals surface area contributed by atoms with E-state index >= 15 is 0 Å². The largest absolute Gasteiger partial charge is 0.387 e. The van der Waals surface area contributed by atoms with Crippen LogP contribution in [0.2, 0.25) is 0 Å². The average molecular weight is 271 g/mol. The summed E-state index contributed by atoms with van der Waals surface area (Å²) in [4.78, 5) is 0. The Morgan fingerprint density at radius 3 is 2.37 bits per heavy atom. The number of rotatable bonds is 6. The molecule has 0 aromatic heterocycles. The van der Waals surface area contributed by atoms with Gasteiger partial charge in [-0.3, -0.25) is 0 Å². The van der Waals surface area contributed by atoms with Gasteiger partial charge in [-0.1, -0.05) is 33.8 Å². The molecule has 0 saturated carbocycles. The molecule has 1 rings (SSSR count). The third-order valence-electron chi connectivity index (χ3n) is 3.81. The van der Waals surface area contributed by atoms with Crippen molar-refractivity contribution < 1.29 is 13.9 Å². The lowest BCUT2D eigenvalue weighted by Crippen LogP contribution is -2.35. The van der Waals surface area contributed by atoms with Crippen molar-refractivity contribution in [2.45, 2.75) is 33.8 Å². The van der Waals surface area contributed by atoms with Crippen LogP contribution >= 0.6 is 0 Å². The lowest BCUT2D eigenvalue weighted by atomic mass is 9.81. The van der Waals surface area contributed by atoms with E-state index in [1.807, 2.05) is 0 Å². The fraction of sp³-hybridized carbons (Fsp3) is 0.600. The van der Waals surface area contributed by atoms with E-state index in [9.17, 15) is 13.9 Å². The Morgan fingerprint density at radius 1 is 1.21 bits per heavy atom. The molecular weight excluding hydrogens is 248 g/mol. The highest BCUT2D eigenvalue weighted by atomic mass is 19.2. The number of hydrogen-bond donors (Lipinski definition) is 2. The van der Waals surface area contributed by atoms with Gasteiger partial charge in [0.05, 0.1) is 6.10 Å². The summed E-state index contributed by atoms with van der Waals surface area (Å²) in [5.74, 6) is -1.32. The molecular formula is C15H23F2NO. The minimum absolute atomic E-state index is 0.119. The zero-order chi connectivity index (χ0) is 14.6. The topological polar surface area (TPSA) is 32.3 Å². The molecule has 19 heavy (non-hydrogen) atoms. The van der Waals surface area contributed by atoms with E-state index < -0.39 is 17.7 Å². The first-order valence-corrected chi connectivity index (χ1v) is 6.58. The maximum Gasteiger partial charge on any atom is 0.159 e. The van der Waals surface area contributed by atoms with Gasteiger partial charge in [0.1, 0.15) is 0 Å². The van der Waals surface area contributed by atoms with Crippen molar-refractivity contribution in [2.75, 3.05) is 13.1 Å². The highest BCUT2D eigenvalue weighted by Crippen LogP contribution is 2.25. The van der Waals surface area contributed by atoms with Crippen LogP contribution in [0.3, 0.4) is 0 Å². The lowest BCUT2D eigenvalue weighted by Gasteiger charge is -2.30. The van der Waals surface area contributed by atoms with E-state index in [4.69, 9.17) is 0 Å². The van der Waals surface area contributed by atoms with Gasteiger partial charge in [0.2, 0.25) is 0 Å². The van der Waals surface area contributed by atoms with Crippen molar-refractivity contribution in [3.63, 3.8) is 0 Å². The molecule has 0 aliphatic heterocycles. The zero-order valence-electron chi connectivity index (χ0n) is 12.0. The number of nitrogens with one attached hydrogen (secondary N) is 1. The smallest absolute Gasteiger partial charge is 0.159 e. The van der Waals surface area contributed by atoms with Gasteiger partial charge in [0, 0.05) is 13.1 Å². The van der Waals surface area contributed by atoms with Crippen molar-refractivity contribution in [1.82, 2.24) is 5.32 Å². The van der Waals surface area contributed by atoms with Crippen LogP contribution in [0.25, 0.3) is 0 Å². The number of benzene rings is 1. The summed E-state index contributed by atoms with van der Waals surface area (Å²) in [5, 5.41) is 13.1. The first-order valence-electron chi connectivity index (χ1n) is 6.58. The van der Waals surface area contributed by atoms with Crippen molar-refractivity contribution in [3.05, 3.63) is 35.4 Å². The van der Waals surface area contributed by atoms with Crippen molar-refractivity contribution >= 4 is 0 Å². The van der Waals surface area contributed by atoms with Crippen molar-refractivity contribution in [3.8, 4) is 0 Å². The summed E-state index contributed by atoms with van der Waals surface area (Å²) in [5.41, 5.74) is 0.502. The summed E-state index contributed by atoms with van der Waals surface area (Å²) in [6, 6.07) is 3.47. The average Bonchev–Trinajstić information content (AvgIpc) is 2.32. The second kappa shape index (κ2) is 6.44. The Bertz CT molecular complexity index is 419. The Balaban J connectivity index is 2.52. The fourth-order valence-corrected chi connectivity index (χ4v) is 1.57. The summed E-state index contributed by atoms with van der Waals surface area (Å²) >= 11 is 0. The number of halogens is 2. The summed E-state index contributed by atoms with van der Waals surface area (Å²) in [6.07, 6.45) is -0.835. The predicted molar refractivity (Wildman–Crippen MR) is 72.8 cm³/mol. The highest BCUT2D eigenvalue weighted by molar-refractivity contribution is 5.20. The lowest BCUT2D eigenvalue weighted by molar-refractivity contribution is 0.160. The minimum atomic E-state index is -0.931. The van der Waals surface area contributed by atoms with Crippen LogP contribution in [0.15, 0.2) is 18.2 Å². The first-order chi connectivity index (χ1) is 8.74. The zero-order valence-corrected chi connectivity index (χ0v) is 12.0. The van der Waals surface area contributed by atoms with Crippen LogP contribution < -0.4 is 5.32 Å². The van der Waals surface area contributed by atoms with Crippen LogP contribution in [0.1, 0.15) is 39.4 Å². The molecule has 1 unspecified atom stereocenters. The fourth-order valence-electron chi connectivity index (χ4n) is 1.57. The van der Waals surface area contributed by atoms with Gasteiger partial charge in [-0.05, 0) is 29.0 Å². The molecule has 0 aliphatic carbocycles. The van der Waals surface area contributed by atoms with E-state index in [2.05, 4.69) is 33.0 Å². The maximum absolute atomic E-state index is 13.1. The normalized spacial score (nSPS) is 13.9. The standard InChI is InChI=1S/C15H23F2NO/c1-10(2)15(3,4)9-18-8-14(19)11-5-6-12(16)13(17)7-11/h5-7,10,14,18-19H,8-9H2,1-4H3. The van der Waals surface area contributed by atoms with Gasteiger partial charge in [0.25, 0.3) is 0 Å². The number of aliphatic hydroxyl groups excluding tert-OH is 1. The van der Waals surface area contributed by atoms with E-state index in [1.165, 1.54) is 6.07 Å². The third-order valence-corrected chi connectivity index (χ3v) is 3.81. The monoisotopic (exact) mass is 271 g/mol. The Kier molecular flexibility index (Phi) is 5.44. The maximum atomic E-state index is 13.1. The SMILES string of the molecule is CC(C)C(C)(C)CNCC(O)c1ccc(F)c(F)c1. The predicted octanol–water partition coefficient (Wildman–Crippen LogP) is 3.27. The second-order valence-corrected chi connectivity index (χ2v) is 5.96. The summed E-state index contributed by atoms with van der Waals surface area (Å²) in [7, 11) is 0. The first kappa shape index (κ1) is 16.1. The van der Waals surface area contributed by atoms with Crippen LogP contribution in [-0.4, -0.2) is 18.2 Å². The van der Waals surface area contributed by atoms with Gasteiger partial charge in [-0.15, -0.1) is 0 Å². The molecule has 0 bridgehead atoms. The molecule has 0 saturated heterocycles. The molecule has 1 aromatic carbocycles. The van der Waals surface area contributed by atoms with Gasteiger partial charge < -0.3 is 10.4 Å². The molecule has 4 heteroatoms. The molecule has 2 nitrogen and oxygen atoms in total. The Morgan fingerprint density at radius 2 is 1.84 bits per heavy atom. The van der Waals surface area contributed by atoms with Crippen LogP contribution in [0, 0.1) is 23.0 Å². The van der Waals surface area contributed by atoms with Gasteiger partial charge in [-0.2, -0.15) is 0 Å². The van der Waals surface area contributed by atoms with E-state index in [0.29, 0.717) is 18.0 Å². The minimum Gasteiger partial charge on any atom is -0.387 e. The van der Waals surface area contributed by atoms with Crippen molar-refractivity contribution in [1.29, 1.82) is 0 Å². The molecule has 0 heterocycles. The molecule has 0 radical (unpaired) electrons. The van der Waals surface area contributed by atoms with Gasteiger partial charge in [0.15, 0.2) is 11.6 Å². The van der Waals surface area contributed by atoms with Gasteiger partial charge >= 0.3 is 0 Å². The molecule has 2 N–H and O–H groups in total. The molecule has 0 fully saturated rings. The summed E-state index contributed by atoms with van der Waals surface area (Å²) in [6.45, 7) is 9.66. The van der Waals surface area contributed by atoms with Crippen LogP contribution in [-0.2, 0) is 0 Å². The summed E-state index contributed by atoms with van der Waals surface area (Å²) < 4.78 is 25.8.